The minimum atomic E-state index is -0.393. The first-order valence-electron chi connectivity index (χ1n) is 38.5. The van der Waals surface area contributed by atoms with E-state index in [2.05, 4.69) is 65.2 Å². The van der Waals surface area contributed by atoms with Crippen molar-refractivity contribution in [1.82, 2.24) is 5.32 Å². The predicted molar refractivity (Wildman–Crippen MR) is 456 cm³/mol. The molecule has 600 valence electrons. The third-order valence-electron chi connectivity index (χ3n) is 15.9. The van der Waals surface area contributed by atoms with Crippen molar-refractivity contribution in [3.63, 3.8) is 0 Å². The third kappa shape index (κ3) is 50.2. The molecule has 0 aliphatic carbocycles. The lowest BCUT2D eigenvalue weighted by atomic mass is 10.1. The van der Waals surface area contributed by atoms with Crippen LogP contribution in [0.25, 0.3) is 42.5 Å². The molecule has 7 rings (SSSR count). The molecule has 0 aliphatic rings. The Balaban J connectivity index is 0.000000656. The SMILES string of the molecule is C=Cc1ccc(CNC(C)=O)cc1.C=Cc1ccc(COC(=O)CCC(=O)OCCCC)cc1.C=Cc1ccc(COC(=O)CCC)cc1.C=Cc1ccc(COC(=O)CCCCC)cc1.C=Cc1cccc(COC(=O)CCC)c1.C=Cc1cccc(COC(=O)CCCCC)c1.C=Cc1ccccc1COC(=O)CC. The molecule has 0 saturated carbocycles. The zero-order valence-electron chi connectivity index (χ0n) is 67.5. The van der Waals surface area contributed by atoms with E-state index in [0.29, 0.717) is 78.3 Å². The van der Waals surface area contributed by atoms with Crippen LogP contribution in [0.2, 0.25) is 0 Å². The van der Waals surface area contributed by atoms with Crippen LogP contribution in [-0.4, -0.2) is 54.3 Å². The number of unbranched alkanes of at least 4 members (excludes halogenated alkanes) is 5. The summed E-state index contributed by atoms with van der Waals surface area (Å²) in [4.78, 5) is 89.4. The van der Waals surface area contributed by atoms with Gasteiger partial charge in [-0.3, -0.25) is 38.4 Å². The molecule has 1 N–H and O–H groups in total. The van der Waals surface area contributed by atoms with E-state index in [1.807, 2.05) is 191 Å². The number of carbonyl (C=O) groups excluding carboxylic acids is 8. The lowest BCUT2D eigenvalue weighted by Gasteiger charge is -2.06. The van der Waals surface area contributed by atoms with Crippen molar-refractivity contribution >= 4 is 90.2 Å². The number of carbonyl (C=O) groups is 8. The summed E-state index contributed by atoms with van der Waals surface area (Å²) in [6.07, 6.45) is 24.7. The molecule has 16 heteroatoms. The molecule has 0 radical (unpaired) electrons. The Morgan fingerprint density at radius 1 is 0.295 bits per heavy atom. The zero-order valence-corrected chi connectivity index (χ0v) is 67.5. The van der Waals surface area contributed by atoms with Gasteiger partial charge in [0.25, 0.3) is 0 Å². The van der Waals surface area contributed by atoms with Crippen LogP contribution >= 0.6 is 0 Å². The number of ether oxygens (including phenoxy) is 7. The van der Waals surface area contributed by atoms with Crippen molar-refractivity contribution < 1.29 is 71.5 Å². The average Bonchev–Trinajstić information content (AvgIpc) is 0.870. The van der Waals surface area contributed by atoms with Gasteiger partial charge in [-0.05, 0) is 122 Å². The van der Waals surface area contributed by atoms with Crippen molar-refractivity contribution in [2.75, 3.05) is 6.61 Å². The van der Waals surface area contributed by atoms with Crippen LogP contribution in [-0.2, 0) is 118 Å². The molecule has 7 aromatic rings. The summed E-state index contributed by atoms with van der Waals surface area (Å²) in [7, 11) is 0. The lowest BCUT2D eigenvalue weighted by Crippen LogP contribution is -2.18. The second-order valence-corrected chi connectivity index (χ2v) is 25.3. The van der Waals surface area contributed by atoms with Crippen LogP contribution in [0, 0.1) is 0 Å². The van der Waals surface area contributed by atoms with E-state index in [-0.39, 0.29) is 61.2 Å². The number of nitrogens with one attached hydrogen (secondary N) is 1. The maximum atomic E-state index is 11.5. The largest absolute Gasteiger partial charge is 0.466 e. The van der Waals surface area contributed by atoms with Gasteiger partial charge < -0.3 is 38.5 Å². The third-order valence-corrected chi connectivity index (χ3v) is 15.9. The van der Waals surface area contributed by atoms with E-state index in [9.17, 15) is 38.4 Å². The maximum Gasteiger partial charge on any atom is 0.306 e. The quantitative estimate of drug-likeness (QED) is 0.0215. The van der Waals surface area contributed by atoms with Gasteiger partial charge in [0.15, 0.2) is 0 Å². The van der Waals surface area contributed by atoms with Gasteiger partial charge >= 0.3 is 41.8 Å². The second-order valence-electron chi connectivity index (χ2n) is 25.3. The number of esters is 7. The summed E-state index contributed by atoms with van der Waals surface area (Å²) in [5, 5.41) is 2.73. The topological polar surface area (TPSA) is 213 Å². The van der Waals surface area contributed by atoms with Crippen LogP contribution in [0.3, 0.4) is 0 Å². The average molecular weight is 1530 g/mol. The van der Waals surface area contributed by atoms with Gasteiger partial charge in [0.05, 0.1) is 19.4 Å². The number of hydrogen-bond acceptors (Lipinski definition) is 15. The highest BCUT2D eigenvalue weighted by Crippen LogP contribution is 2.16. The summed E-state index contributed by atoms with van der Waals surface area (Å²) in [5.41, 5.74) is 14.4. The molecule has 0 unspecified atom stereocenters. The van der Waals surface area contributed by atoms with Crippen LogP contribution in [0.4, 0.5) is 0 Å². The Morgan fingerprint density at radius 3 is 0.964 bits per heavy atom. The molecule has 0 saturated heterocycles. The van der Waals surface area contributed by atoms with Gasteiger partial charge in [0.1, 0.15) is 39.6 Å². The highest BCUT2D eigenvalue weighted by Gasteiger charge is 2.11. The van der Waals surface area contributed by atoms with Gasteiger partial charge in [-0.15, -0.1) is 0 Å². The van der Waals surface area contributed by atoms with E-state index in [1.165, 1.54) is 6.92 Å². The fraction of sp³-hybridized carbons (Fsp3) is 0.333. The van der Waals surface area contributed by atoms with Crippen LogP contribution in [0.5, 0.6) is 0 Å². The summed E-state index contributed by atoms with van der Waals surface area (Å²) in [6, 6.07) is 54.5. The number of rotatable bonds is 40. The van der Waals surface area contributed by atoms with Gasteiger partial charge in [0.2, 0.25) is 5.91 Å². The Kier molecular flexibility index (Phi) is 56.6. The summed E-state index contributed by atoms with van der Waals surface area (Å²) in [6.45, 7) is 42.2. The first kappa shape index (κ1) is 98.5. The Morgan fingerprint density at radius 2 is 0.625 bits per heavy atom. The molecule has 1 amide bonds. The lowest BCUT2D eigenvalue weighted by molar-refractivity contribution is -0.151. The predicted octanol–water partition coefficient (Wildman–Crippen LogP) is 22.5. The van der Waals surface area contributed by atoms with Crippen molar-refractivity contribution in [1.29, 1.82) is 0 Å². The van der Waals surface area contributed by atoms with Crippen molar-refractivity contribution in [2.45, 2.75) is 204 Å². The fourth-order valence-electron chi connectivity index (χ4n) is 9.23. The first-order chi connectivity index (χ1) is 54.2. The standard InChI is InChI=1S/C17H22O4.2C15H20O2.2C13H16O2.C12H14O2.C11H13NO/c1-3-5-12-20-16(18)10-11-17(19)21-13-15-8-6-14(4-2)7-9-15;1-3-5-6-10-15(16)17-12-14-9-7-8-13(4-2)11-14;1-3-5-6-7-15(16)17-12-14-10-8-13(4-2)9-11-14;1-3-6-13(14)15-10-12-8-5-7-11(4-2)9-12;1-3-5-13(14)15-10-12-8-6-11(4-2)7-9-12;1-3-10-7-5-6-8-11(10)9-14-12(13)4-2;1-3-10-4-6-11(7-5-10)8-12-9(2)13/h4,6-9H,2-3,5,10-13H2,1H3;4,7-9,11H,2-3,5-6,10,12H2,1H3;4,8-11H,2-3,5-7,12H2,1H3;4-5,7-9H,2-3,6,10H2,1H3;4,6-9H,2-3,5,10H2,1H3;3,5-8H,1,4,9H2,2H3;3-7H,1,8H2,2H3,(H,12,13). The van der Waals surface area contributed by atoms with E-state index in [4.69, 9.17) is 33.2 Å². The van der Waals surface area contributed by atoms with Gasteiger partial charge in [0, 0.05) is 45.6 Å². The Labute approximate surface area is 667 Å². The van der Waals surface area contributed by atoms with Gasteiger partial charge in [-0.1, -0.05) is 320 Å². The van der Waals surface area contributed by atoms with E-state index in [1.54, 1.807) is 49.5 Å². The van der Waals surface area contributed by atoms with Crippen LogP contribution < -0.4 is 5.32 Å². The fourth-order valence-corrected chi connectivity index (χ4v) is 9.23. The minimum Gasteiger partial charge on any atom is -0.466 e. The normalized spacial score (nSPS) is 9.74. The molecular formula is C96H121NO15. The molecule has 0 bridgehead atoms. The summed E-state index contributed by atoms with van der Waals surface area (Å²) in [5.74, 6) is -1.41. The van der Waals surface area contributed by atoms with Crippen molar-refractivity contribution in [3.8, 4) is 0 Å². The molecule has 0 aromatic heterocycles. The molecule has 0 spiro atoms. The monoisotopic (exact) mass is 1530 g/mol. The molecule has 0 aliphatic heterocycles. The first-order valence-corrected chi connectivity index (χ1v) is 38.5. The van der Waals surface area contributed by atoms with Crippen LogP contribution in [0.15, 0.2) is 216 Å². The van der Waals surface area contributed by atoms with E-state index >= 15 is 0 Å². The van der Waals surface area contributed by atoms with Crippen LogP contribution in [0.1, 0.15) is 236 Å². The summed E-state index contributed by atoms with van der Waals surface area (Å²) < 4.78 is 35.7. The number of amides is 1. The van der Waals surface area contributed by atoms with E-state index < -0.39 is 5.97 Å². The molecule has 0 fully saturated rings. The molecular weight excluding hydrogens is 1410 g/mol. The summed E-state index contributed by atoms with van der Waals surface area (Å²) >= 11 is 0. The number of benzene rings is 7. The Hall–Kier alpha value is -11.5. The smallest absolute Gasteiger partial charge is 0.306 e. The highest BCUT2D eigenvalue weighted by atomic mass is 16.6. The van der Waals surface area contributed by atoms with Crippen molar-refractivity contribution in [2.24, 2.45) is 0 Å². The Bertz CT molecular complexity index is 3910. The van der Waals surface area contributed by atoms with Gasteiger partial charge in [-0.2, -0.15) is 0 Å². The zero-order chi connectivity index (χ0) is 82.8. The molecule has 112 heavy (non-hydrogen) atoms. The highest BCUT2D eigenvalue weighted by molar-refractivity contribution is 5.78. The molecule has 16 nitrogen and oxygen atoms in total. The molecule has 0 heterocycles. The van der Waals surface area contributed by atoms with Gasteiger partial charge in [-0.25, -0.2) is 0 Å². The maximum absolute atomic E-state index is 11.5. The van der Waals surface area contributed by atoms with E-state index in [0.717, 1.165) is 142 Å². The minimum absolute atomic E-state index is 0.00667. The van der Waals surface area contributed by atoms with Crippen molar-refractivity contribution in [3.05, 3.63) is 294 Å². The number of hydrogen-bond donors (Lipinski definition) is 1. The second kappa shape index (κ2) is 64.3. The molecule has 0 atom stereocenters. The molecule has 7 aromatic carbocycles.